The summed E-state index contributed by atoms with van der Waals surface area (Å²) >= 11 is 0. The van der Waals surface area contributed by atoms with E-state index >= 15 is 0 Å². The van der Waals surface area contributed by atoms with Crippen molar-refractivity contribution in [2.75, 3.05) is 14.2 Å². The van der Waals surface area contributed by atoms with Crippen LogP contribution in [-0.4, -0.2) is 35.9 Å². The van der Waals surface area contributed by atoms with Gasteiger partial charge in [0, 0.05) is 11.8 Å². The number of hydrogen-bond donors (Lipinski definition) is 1. The van der Waals surface area contributed by atoms with Gasteiger partial charge in [0.15, 0.2) is 11.5 Å². The monoisotopic (exact) mass is 331 g/mol. The van der Waals surface area contributed by atoms with Crippen molar-refractivity contribution in [3.8, 4) is 11.5 Å². The highest BCUT2D eigenvalue weighted by Gasteiger charge is 2.22. The smallest absolute Gasteiger partial charge is 0.300 e. The summed E-state index contributed by atoms with van der Waals surface area (Å²) in [6.45, 7) is 0. The van der Waals surface area contributed by atoms with Crippen LogP contribution in [0.15, 0.2) is 36.7 Å². The van der Waals surface area contributed by atoms with Crippen molar-refractivity contribution in [2.24, 2.45) is 0 Å². The van der Waals surface area contributed by atoms with Gasteiger partial charge in [-0.2, -0.15) is 0 Å². The van der Waals surface area contributed by atoms with Gasteiger partial charge in [0.05, 0.1) is 19.1 Å². The number of nitro groups is 1. The summed E-state index contributed by atoms with van der Waals surface area (Å²) in [5.41, 5.74) is -0.614. The highest BCUT2D eigenvalue weighted by molar-refractivity contribution is 6.11. The third-order valence-corrected chi connectivity index (χ3v) is 3.11. The van der Waals surface area contributed by atoms with Crippen LogP contribution >= 0.6 is 0 Å². The third-order valence-electron chi connectivity index (χ3n) is 3.11. The molecule has 1 aromatic carbocycles. The van der Waals surface area contributed by atoms with Gasteiger partial charge in [0.1, 0.15) is 11.8 Å². The van der Waals surface area contributed by atoms with Gasteiger partial charge in [-0.1, -0.05) is 0 Å². The number of amides is 2. The SMILES string of the molecule is COc1ccc(C(=O)NC(=O)c2ccncc2[N+](=O)[O-])cc1OC. The minimum Gasteiger partial charge on any atom is -0.493 e. The fourth-order valence-corrected chi connectivity index (χ4v) is 1.94. The minimum absolute atomic E-state index is 0.137. The average molecular weight is 331 g/mol. The van der Waals surface area contributed by atoms with Crippen LogP contribution in [0.1, 0.15) is 20.7 Å². The van der Waals surface area contributed by atoms with Gasteiger partial charge in [-0.05, 0) is 24.3 Å². The number of rotatable bonds is 5. The molecule has 0 aliphatic carbocycles. The first-order valence-corrected chi connectivity index (χ1v) is 6.64. The molecular weight excluding hydrogens is 318 g/mol. The van der Waals surface area contributed by atoms with Gasteiger partial charge in [-0.3, -0.25) is 30.0 Å². The molecule has 0 spiro atoms. The van der Waals surface area contributed by atoms with E-state index in [1.807, 2.05) is 0 Å². The molecule has 9 heteroatoms. The summed E-state index contributed by atoms with van der Waals surface area (Å²) in [5, 5.41) is 13.0. The Balaban J connectivity index is 2.24. The van der Waals surface area contributed by atoms with Crippen LogP contribution in [0.25, 0.3) is 0 Å². The van der Waals surface area contributed by atoms with Crippen molar-refractivity contribution in [2.45, 2.75) is 0 Å². The largest absolute Gasteiger partial charge is 0.493 e. The highest BCUT2D eigenvalue weighted by Crippen LogP contribution is 2.27. The Labute approximate surface area is 136 Å². The maximum absolute atomic E-state index is 12.2. The van der Waals surface area contributed by atoms with Crippen molar-refractivity contribution < 1.29 is 24.0 Å². The summed E-state index contributed by atoms with van der Waals surface area (Å²) < 4.78 is 10.1. The van der Waals surface area contributed by atoms with Gasteiger partial charge in [0.25, 0.3) is 17.5 Å². The molecule has 1 heterocycles. The zero-order chi connectivity index (χ0) is 17.7. The normalized spacial score (nSPS) is 9.92. The second-order valence-electron chi connectivity index (χ2n) is 4.50. The second-order valence-corrected chi connectivity index (χ2v) is 4.50. The number of aromatic nitrogens is 1. The second kappa shape index (κ2) is 7.18. The first kappa shape index (κ1) is 16.9. The summed E-state index contributed by atoms with van der Waals surface area (Å²) in [7, 11) is 2.86. The fourth-order valence-electron chi connectivity index (χ4n) is 1.94. The molecule has 1 N–H and O–H groups in total. The standard InChI is InChI=1S/C15H13N3O6/c1-23-12-4-3-9(7-13(12)24-2)14(19)17-15(20)10-5-6-16-8-11(10)18(21)22/h3-8H,1-2H3,(H,17,19,20). The van der Waals surface area contributed by atoms with Crippen LogP contribution in [0, 0.1) is 10.1 Å². The summed E-state index contributed by atoms with van der Waals surface area (Å²) in [4.78, 5) is 38.0. The van der Waals surface area contributed by atoms with Crippen molar-refractivity contribution in [3.05, 3.63) is 57.9 Å². The minimum atomic E-state index is -0.899. The Morgan fingerprint density at radius 3 is 2.46 bits per heavy atom. The number of hydrogen-bond acceptors (Lipinski definition) is 7. The van der Waals surface area contributed by atoms with Crippen molar-refractivity contribution in [1.29, 1.82) is 0 Å². The van der Waals surface area contributed by atoms with E-state index < -0.39 is 22.4 Å². The number of benzene rings is 1. The molecular formula is C15H13N3O6. The molecule has 1 aromatic heterocycles. The number of nitrogens with one attached hydrogen (secondary N) is 1. The number of pyridine rings is 1. The van der Waals surface area contributed by atoms with Crippen LogP contribution in [0.5, 0.6) is 11.5 Å². The Morgan fingerprint density at radius 1 is 1.12 bits per heavy atom. The van der Waals surface area contributed by atoms with E-state index in [1.165, 1.54) is 38.6 Å². The molecule has 0 atom stereocenters. The summed E-state index contributed by atoms with van der Waals surface area (Å²) in [6.07, 6.45) is 2.17. The Kier molecular flexibility index (Phi) is 5.05. The van der Waals surface area contributed by atoms with Crippen molar-refractivity contribution >= 4 is 17.5 Å². The molecule has 0 aliphatic rings. The first-order chi connectivity index (χ1) is 11.5. The zero-order valence-corrected chi connectivity index (χ0v) is 12.8. The van der Waals surface area contributed by atoms with Gasteiger partial charge in [-0.15, -0.1) is 0 Å². The van der Waals surface area contributed by atoms with Gasteiger partial charge in [-0.25, -0.2) is 0 Å². The molecule has 0 bridgehead atoms. The van der Waals surface area contributed by atoms with E-state index in [0.29, 0.717) is 11.5 Å². The Hall–Kier alpha value is -3.49. The molecule has 0 saturated carbocycles. The lowest BCUT2D eigenvalue weighted by molar-refractivity contribution is -0.385. The number of carbonyl (C=O) groups excluding carboxylic acids is 2. The van der Waals surface area contributed by atoms with Gasteiger partial charge in [0.2, 0.25) is 0 Å². The molecule has 9 nitrogen and oxygen atoms in total. The molecule has 24 heavy (non-hydrogen) atoms. The average Bonchev–Trinajstić information content (AvgIpc) is 2.60. The van der Waals surface area contributed by atoms with Gasteiger partial charge < -0.3 is 9.47 Å². The van der Waals surface area contributed by atoms with E-state index in [4.69, 9.17) is 9.47 Å². The van der Waals surface area contributed by atoms with Gasteiger partial charge >= 0.3 is 0 Å². The predicted octanol–water partition coefficient (Wildman–Crippen LogP) is 1.58. The Bertz CT molecular complexity index is 806. The fraction of sp³-hybridized carbons (Fsp3) is 0.133. The molecule has 0 fully saturated rings. The predicted molar refractivity (Wildman–Crippen MR) is 82.2 cm³/mol. The van der Waals surface area contributed by atoms with Crippen molar-refractivity contribution in [1.82, 2.24) is 10.3 Å². The molecule has 0 aliphatic heterocycles. The Morgan fingerprint density at radius 2 is 1.83 bits per heavy atom. The first-order valence-electron chi connectivity index (χ1n) is 6.64. The topological polar surface area (TPSA) is 121 Å². The number of imide groups is 1. The van der Waals surface area contributed by atoms with Crippen molar-refractivity contribution in [3.63, 3.8) is 0 Å². The highest BCUT2D eigenvalue weighted by atomic mass is 16.6. The van der Waals surface area contributed by atoms with Crippen LogP contribution in [-0.2, 0) is 0 Å². The number of nitrogens with zero attached hydrogens (tertiary/aromatic N) is 2. The van der Waals surface area contributed by atoms with Crippen LogP contribution < -0.4 is 14.8 Å². The molecule has 2 amide bonds. The number of ether oxygens (including phenoxy) is 2. The zero-order valence-electron chi connectivity index (χ0n) is 12.8. The lowest BCUT2D eigenvalue weighted by Gasteiger charge is -2.09. The summed E-state index contributed by atoms with van der Waals surface area (Å²) in [5.74, 6) is -0.895. The van der Waals surface area contributed by atoms with E-state index in [1.54, 1.807) is 0 Å². The lowest BCUT2D eigenvalue weighted by Crippen LogP contribution is -2.31. The lowest BCUT2D eigenvalue weighted by atomic mass is 10.1. The maximum atomic E-state index is 12.2. The van der Waals surface area contributed by atoms with E-state index in [2.05, 4.69) is 10.3 Å². The number of carbonyl (C=O) groups is 2. The number of methoxy groups -OCH3 is 2. The van der Waals surface area contributed by atoms with E-state index in [9.17, 15) is 19.7 Å². The summed E-state index contributed by atoms with van der Waals surface area (Å²) in [6, 6.07) is 5.50. The molecule has 0 radical (unpaired) electrons. The quantitative estimate of drug-likeness (QED) is 0.501. The molecule has 0 unspecified atom stereocenters. The molecule has 2 rings (SSSR count). The molecule has 0 saturated heterocycles. The van der Waals surface area contributed by atoms with Crippen LogP contribution in [0.3, 0.4) is 0 Å². The molecule has 2 aromatic rings. The van der Waals surface area contributed by atoms with Crippen LogP contribution in [0.2, 0.25) is 0 Å². The third kappa shape index (κ3) is 3.46. The van der Waals surface area contributed by atoms with Crippen LogP contribution in [0.4, 0.5) is 5.69 Å². The van der Waals surface area contributed by atoms with E-state index in [-0.39, 0.29) is 11.1 Å². The maximum Gasteiger partial charge on any atom is 0.300 e. The molecule has 124 valence electrons. The van der Waals surface area contributed by atoms with E-state index in [0.717, 1.165) is 12.3 Å².